The van der Waals surface area contributed by atoms with Crippen LogP contribution in [0.1, 0.15) is 27.7 Å². The van der Waals surface area contributed by atoms with Crippen LogP contribution in [-0.2, 0) is 4.79 Å². The van der Waals surface area contributed by atoms with Crippen molar-refractivity contribution in [1.29, 1.82) is 0 Å². The Hall–Kier alpha value is -0.0500. The second-order valence-corrected chi connectivity index (χ2v) is 5.74. The van der Waals surface area contributed by atoms with Gasteiger partial charge in [-0.2, -0.15) is 0 Å². The van der Waals surface area contributed by atoms with E-state index in [1.165, 1.54) is 0 Å². The number of hydrogen-bond acceptors (Lipinski definition) is 1. The second kappa shape index (κ2) is 4.26. The summed E-state index contributed by atoms with van der Waals surface area (Å²) in [4.78, 5) is 13.1. The molecule has 2 nitrogen and oxygen atoms in total. The van der Waals surface area contributed by atoms with E-state index >= 15 is 0 Å². The largest absolute Gasteiger partial charge is 0.344 e. The van der Waals surface area contributed by atoms with E-state index in [0.717, 1.165) is 6.54 Å². The molecule has 0 aromatic carbocycles. The topological polar surface area (TPSA) is 20.3 Å². The van der Waals surface area contributed by atoms with Crippen LogP contribution in [0, 0.1) is 5.41 Å². The SMILES string of the molecule is CC(Br)C(=O)N(C)CC(C)(C)C. The number of amides is 1. The number of carbonyl (C=O) groups excluding carboxylic acids is 1. The van der Waals surface area contributed by atoms with Gasteiger partial charge >= 0.3 is 0 Å². The van der Waals surface area contributed by atoms with Gasteiger partial charge in [0.1, 0.15) is 0 Å². The van der Waals surface area contributed by atoms with Crippen LogP contribution in [0.4, 0.5) is 0 Å². The summed E-state index contributed by atoms with van der Waals surface area (Å²) in [5, 5.41) is 0. The van der Waals surface area contributed by atoms with E-state index in [1.54, 1.807) is 4.90 Å². The van der Waals surface area contributed by atoms with Gasteiger partial charge in [0.2, 0.25) is 5.91 Å². The standard InChI is InChI=1S/C9H18BrNO/c1-7(10)8(12)11(5)6-9(2,3)4/h7H,6H2,1-5H3. The molecule has 0 radical (unpaired) electrons. The predicted octanol–water partition coefficient (Wildman–Crippen LogP) is 2.27. The number of nitrogens with zero attached hydrogens (tertiary/aromatic N) is 1. The van der Waals surface area contributed by atoms with Gasteiger partial charge in [-0.05, 0) is 12.3 Å². The minimum Gasteiger partial charge on any atom is -0.344 e. The Morgan fingerprint density at radius 2 is 1.92 bits per heavy atom. The van der Waals surface area contributed by atoms with Crippen LogP contribution in [0.5, 0.6) is 0 Å². The summed E-state index contributed by atoms with van der Waals surface area (Å²) in [5.74, 6) is 0.143. The molecule has 0 aliphatic carbocycles. The first-order chi connectivity index (χ1) is 5.24. The lowest BCUT2D eigenvalue weighted by Gasteiger charge is -2.27. The highest BCUT2D eigenvalue weighted by Crippen LogP contribution is 2.15. The maximum atomic E-state index is 11.4. The Kier molecular flexibility index (Phi) is 4.24. The monoisotopic (exact) mass is 235 g/mol. The fourth-order valence-corrected chi connectivity index (χ4v) is 1.44. The van der Waals surface area contributed by atoms with Gasteiger partial charge in [-0.15, -0.1) is 0 Å². The van der Waals surface area contributed by atoms with Gasteiger partial charge in [-0.1, -0.05) is 36.7 Å². The molecule has 0 N–H and O–H groups in total. The third kappa shape index (κ3) is 4.75. The van der Waals surface area contributed by atoms with Gasteiger partial charge in [-0.3, -0.25) is 4.79 Å². The highest BCUT2D eigenvalue weighted by atomic mass is 79.9. The summed E-state index contributed by atoms with van der Waals surface area (Å²) in [6.45, 7) is 9.00. The molecule has 0 saturated heterocycles. The molecule has 3 heteroatoms. The Morgan fingerprint density at radius 1 is 1.50 bits per heavy atom. The number of rotatable bonds is 2. The average Bonchev–Trinajstić information content (AvgIpc) is 1.82. The van der Waals surface area contributed by atoms with Crippen LogP contribution < -0.4 is 0 Å². The molecule has 0 saturated carbocycles. The van der Waals surface area contributed by atoms with Crippen molar-refractivity contribution in [2.24, 2.45) is 5.41 Å². The van der Waals surface area contributed by atoms with Crippen molar-refractivity contribution >= 4 is 21.8 Å². The molecule has 0 bridgehead atoms. The zero-order chi connectivity index (χ0) is 9.94. The Morgan fingerprint density at radius 3 is 2.17 bits per heavy atom. The molecule has 0 aliphatic rings. The summed E-state index contributed by atoms with van der Waals surface area (Å²) in [7, 11) is 1.84. The van der Waals surface area contributed by atoms with Crippen molar-refractivity contribution in [3.63, 3.8) is 0 Å². The van der Waals surface area contributed by atoms with E-state index in [-0.39, 0.29) is 16.1 Å². The molecule has 0 rings (SSSR count). The zero-order valence-corrected chi connectivity index (χ0v) is 10.1. The Labute approximate surface area is 83.4 Å². The fraction of sp³-hybridized carbons (Fsp3) is 0.889. The third-order valence-electron chi connectivity index (χ3n) is 1.43. The van der Waals surface area contributed by atoms with E-state index in [2.05, 4.69) is 36.7 Å². The van der Waals surface area contributed by atoms with Gasteiger partial charge in [0.05, 0.1) is 4.83 Å². The van der Waals surface area contributed by atoms with Gasteiger partial charge in [-0.25, -0.2) is 0 Å². The summed E-state index contributed by atoms with van der Waals surface area (Å²) >= 11 is 3.26. The van der Waals surface area contributed by atoms with E-state index in [9.17, 15) is 4.79 Å². The number of halogens is 1. The maximum Gasteiger partial charge on any atom is 0.235 e. The molecule has 0 spiro atoms. The predicted molar refractivity (Wildman–Crippen MR) is 55.5 cm³/mol. The smallest absolute Gasteiger partial charge is 0.235 e. The first-order valence-electron chi connectivity index (χ1n) is 4.13. The van der Waals surface area contributed by atoms with E-state index in [4.69, 9.17) is 0 Å². The lowest BCUT2D eigenvalue weighted by Crippen LogP contribution is -2.37. The summed E-state index contributed by atoms with van der Waals surface area (Å²) in [6.07, 6.45) is 0. The van der Waals surface area contributed by atoms with Crippen molar-refractivity contribution in [1.82, 2.24) is 4.90 Å². The molecular formula is C9H18BrNO. The lowest BCUT2D eigenvalue weighted by molar-refractivity contribution is -0.130. The molecule has 0 fully saturated rings. The van der Waals surface area contributed by atoms with Crippen LogP contribution in [-0.4, -0.2) is 29.2 Å². The molecular weight excluding hydrogens is 218 g/mol. The highest BCUT2D eigenvalue weighted by Gasteiger charge is 2.19. The maximum absolute atomic E-state index is 11.4. The molecule has 1 unspecified atom stereocenters. The quantitative estimate of drug-likeness (QED) is 0.673. The average molecular weight is 236 g/mol. The van der Waals surface area contributed by atoms with E-state index < -0.39 is 0 Å². The fourth-order valence-electron chi connectivity index (χ4n) is 1.09. The molecule has 1 atom stereocenters. The first-order valence-corrected chi connectivity index (χ1v) is 5.04. The van der Waals surface area contributed by atoms with Gasteiger partial charge in [0.25, 0.3) is 0 Å². The number of carbonyl (C=O) groups is 1. The summed E-state index contributed by atoms with van der Waals surface area (Å²) in [6, 6.07) is 0. The molecule has 12 heavy (non-hydrogen) atoms. The normalized spacial score (nSPS) is 14.2. The Balaban J connectivity index is 4.05. The van der Waals surface area contributed by atoms with Crippen molar-refractivity contribution in [2.75, 3.05) is 13.6 Å². The molecule has 0 aliphatic heterocycles. The summed E-state index contributed by atoms with van der Waals surface area (Å²) < 4.78 is 0. The van der Waals surface area contributed by atoms with Crippen molar-refractivity contribution in [3.05, 3.63) is 0 Å². The van der Waals surface area contributed by atoms with Crippen LogP contribution in [0.15, 0.2) is 0 Å². The molecule has 0 heterocycles. The minimum atomic E-state index is -0.0788. The van der Waals surface area contributed by atoms with Crippen molar-refractivity contribution < 1.29 is 4.79 Å². The highest BCUT2D eigenvalue weighted by molar-refractivity contribution is 9.10. The zero-order valence-electron chi connectivity index (χ0n) is 8.52. The van der Waals surface area contributed by atoms with Gasteiger partial charge < -0.3 is 4.90 Å². The lowest BCUT2D eigenvalue weighted by atomic mass is 9.96. The van der Waals surface area contributed by atoms with Crippen LogP contribution in [0.3, 0.4) is 0 Å². The van der Waals surface area contributed by atoms with Crippen LogP contribution in [0.25, 0.3) is 0 Å². The van der Waals surface area contributed by atoms with E-state index in [0.29, 0.717) is 0 Å². The van der Waals surface area contributed by atoms with Gasteiger partial charge in [0, 0.05) is 13.6 Å². The minimum absolute atomic E-state index is 0.0788. The van der Waals surface area contributed by atoms with Crippen LogP contribution in [0.2, 0.25) is 0 Å². The molecule has 0 aromatic rings. The molecule has 1 amide bonds. The van der Waals surface area contributed by atoms with Crippen LogP contribution >= 0.6 is 15.9 Å². The number of alkyl halides is 1. The van der Waals surface area contributed by atoms with E-state index in [1.807, 2.05) is 14.0 Å². The Bertz CT molecular complexity index is 160. The third-order valence-corrected chi connectivity index (χ3v) is 1.82. The number of hydrogen-bond donors (Lipinski definition) is 0. The molecule has 72 valence electrons. The van der Waals surface area contributed by atoms with Crippen molar-refractivity contribution in [2.45, 2.75) is 32.5 Å². The first kappa shape index (κ1) is 11.9. The van der Waals surface area contributed by atoms with Gasteiger partial charge in [0.15, 0.2) is 0 Å². The second-order valence-electron chi connectivity index (χ2n) is 4.37. The summed E-state index contributed by atoms with van der Waals surface area (Å²) in [5.41, 5.74) is 0.173. The van der Waals surface area contributed by atoms with Crippen molar-refractivity contribution in [3.8, 4) is 0 Å². The molecule has 0 aromatic heterocycles.